The van der Waals surface area contributed by atoms with Crippen LogP contribution in [0.25, 0.3) is 5.70 Å². The molecule has 0 aromatic heterocycles. The second-order valence-electron chi connectivity index (χ2n) is 5.52. The Morgan fingerprint density at radius 1 is 0.696 bits per heavy atom. The Morgan fingerprint density at radius 2 is 1.35 bits per heavy atom. The van der Waals surface area contributed by atoms with Crippen LogP contribution in [-0.2, 0) is 0 Å². The van der Waals surface area contributed by atoms with E-state index in [-0.39, 0.29) is 0 Å². The number of nitrogens with one attached hydrogen (secondary N) is 1. The maximum Gasteiger partial charge on any atom is 0.0548 e. The summed E-state index contributed by atoms with van der Waals surface area (Å²) in [5, 5.41) is 3.91. The van der Waals surface area contributed by atoms with Crippen molar-refractivity contribution >= 4 is 23.1 Å². The largest absolute Gasteiger partial charge is 0.354 e. The van der Waals surface area contributed by atoms with Crippen LogP contribution < -0.4 is 5.32 Å². The smallest absolute Gasteiger partial charge is 0.0548 e. The first-order valence-electron chi connectivity index (χ1n) is 7.75. The van der Waals surface area contributed by atoms with Gasteiger partial charge in [-0.1, -0.05) is 72.8 Å². The molecule has 0 fully saturated rings. The van der Waals surface area contributed by atoms with Crippen LogP contribution in [0, 0.1) is 0 Å². The monoisotopic (exact) mass is 315 g/mol. The lowest BCUT2D eigenvalue weighted by Crippen LogP contribution is -1.99. The van der Waals surface area contributed by atoms with Crippen LogP contribution in [0.4, 0.5) is 5.69 Å². The molecular weight excluding hydrogens is 298 g/mol. The molecular formula is C21H17NS. The standard InChI is InChI=1S/C21H17NS/c1-3-9-16(10-4-1)19-15-21(17-11-5-2-6-12-17)23-20-14-8-7-13-18(20)22-19/h1-15,21-22H. The average Bonchev–Trinajstić information content (AvgIpc) is 2.83. The fraction of sp³-hybridized carbons (Fsp3) is 0.0476. The quantitative estimate of drug-likeness (QED) is 0.623. The molecule has 0 bridgehead atoms. The Balaban J connectivity index is 1.82. The van der Waals surface area contributed by atoms with Crippen LogP contribution >= 0.6 is 11.8 Å². The van der Waals surface area contributed by atoms with Crippen molar-refractivity contribution < 1.29 is 0 Å². The normalized spacial score (nSPS) is 16.7. The Morgan fingerprint density at radius 3 is 2.13 bits per heavy atom. The Hall–Kier alpha value is -2.45. The third kappa shape index (κ3) is 3.03. The predicted molar refractivity (Wildman–Crippen MR) is 99.5 cm³/mol. The molecule has 0 amide bonds. The van der Waals surface area contributed by atoms with Crippen molar-refractivity contribution in [2.75, 3.05) is 5.32 Å². The molecule has 4 rings (SSSR count). The van der Waals surface area contributed by atoms with Gasteiger partial charge in [-0.3, -0.25) is 0 Å². The highest BCUT2D eigenvalue weighted by Crippen LogP contribution is 2.44. The van der Waals surface area contributed by atoms with Crippen molar-refractivity contribution in [2.24, 2.45) is 0 Å². The van der Waals surface area contributed by atoms with Gasteiger partial charge in [-0.05, 0) is 29.3 Å². The van der Waals surface area contributed by atoms with E-state index in [0.29, 0.717) is 5.25 Å². The number of fused-ring (bicyclic) bond motifs is 1. The van der Waals surface area contributed by atoms with E-state index in [4.69, 9.17) is 0 Å². The topological polar surface area (TPSA) is 12.0 Å². The van der Waals surface area contributed by atoms with Crippen LogP contribution in [-0.4, -0.2) is 0 Å². The van der Waals surface area contributed by atoms with Gasteiger partial charge in [0.15, 0.2) is 0 Å². The molecule has 3 aromatic carbocycles. The van der Waals surface area contributed by atoms with Gasteiger partial charge in [0.25, 0.3) is 0 Å². The molecule has 0 aliphatic carbocycles. The molecule has 3 aromatic rings. The predicted octanol–water partition coefficient (Wildman–Crippen LogP) is 5.99. The van der Waals surface area contributed by atoms with Crippen LogP contribution in [0.15, 0.2) is 95.9 Å². The van der Waals surface area contributed by atoms with Gasteiger partial charge >= 0.3 is 0 Å². The number of hydrogen-bond acceptors (Lipinski definition) is 2. The fourth-order valence-corrected chi connectivity index (χ4v) is 3.95. The van der Waals surface area contributed by atoms with Gasteiger partial charge in [0.05, 0.1) is 10.9 Å². The highest BCUT2D eigenvalue weighted by molar-refractivity contribution is 7.99. The number of thioether (sulfide) groups is 1. The van der Waals surface area contributed by atoms with Crippen molar-refractivity contribution in [3.05, 3.63) is 102 Å². The van der Waals surface area contributed by atoms with E-state index in [2.05, 4.69) is 96.3 Å². The molecule has 23 heavy (non-hydrogen) atoms. The first-order chi connectivity index (χ1) is 11.4. The zero-order valence-corrected chi connectivity index (χ0v) is 13.5. The average molecular weight is 315 g/mol. The highest BCUT2D eigenvalue weighted by atomic mass is 32.2. The maximum absolute atomic E-state index is 3.62. The van der Waals surface area contributed by atoms with Crippen molar-refractivity contribution in [3.8, 4) is 0 Å². The maximum atomic E-state index is 3.62. The molecule has 1 nitrogen and oxygen atoms in total. The van der Waals surface area contributed by atoms with E-state index in [9.17, 15) is 0 Å². The molecule has 1 aliphatic heterocycles. The summed E-state index contributed by atoms with van der Waals surface area (Å²) in [6, 6.07) is 29.7. The second kappa shape index (κ2) is 6.35. The van der Waals surface area contributed by atoms with Crippen molar-refractivity contribution in [3.63, 3.8) is 0 Å². The summed E-state index contributed by atoms with van der Waals surface area (Å²) >= 11 is 1.89. The highest BCUT2D eigenvalue weighted by Gasteiger charge is 2.19. The lowest BCUT2D eigenvalue weighted by molar-refractivity contribution is 1.23. The number of anilines is 1. The zero-order chi connectivity index (χ0) is 15.5. The molecule has 1 unspecified atom stereocenters. The zero-order valence-electron chi connectivity index (χ0n) is 12.6. The summed E-state index contributed by atoms with van der Waals surface area (Å²) in [5.74, 6) is 0. The summed E-state index contributed by atoms with van der Waals surface area (Å²) < 4.78 is 0. The molecule has 0 saturated heterocycles. The van der Waals surface area contributed by atoms with Crippen LogP contribution in [0.5, 0.6) is 0 Å². The fourth-order valence-electron chi connectivity index (χ4n) is 2.77. The second-order valence-corrected chi connectivity index (χ2v) is 6.70. The Bertz CT molecular complexity index is 825. The van der Waals surface area contributed by atoms with Crippen LogP contribution in [0.2, 0.25) is 0 Å². The Kier molecular flexibility index (Phi) is 3.91. The molecule has 1 atom stereocenters. The van der Waals surface area contributed by atoms with E-state index in [1.807, 2.05) is 11.8 Å². The molecule has 1 aliphatic rings. The summed E-state index contributed by atoms with van der Waals surface area (Å²) in [4.78, 5) is 1.28. The van der Waals surface area contributed by atoms with E-state index < -0.39 is 0 Å². The summed E-state index contributed by atoms with van der Waals surface area (Å²) in [7, 11) is 0. The minimum Gasteiger partial charge on any atom is -0.354 e. The van der Waals surface area contributed by atoms with Gasteiger partial charge in [-0.25, -0.2) is 0 Å². The Labute approximate surface area is 141 Å². The van der Waals surface area contributed by atoms with Gasteiger partial charge in [-0.2, -0.15) is 0 Å². The number of rotatable bonds is 2. The lowest BCUT2D eigenvalue weighted by Gasteiger charge is -2.12. The van der Waals surface area contributed by atoms with E-state index in [1.54, 1.807) is 0 Å². The third-order valence-corrected chi connectivity index (χ3v) is 5.21. The van der Waals surface area contributed by atoms with Crippen molar-refractivity contribution in [2.45, 2.75) is 10.1 Å². The van der Waals surface area contributed by atoms with Crippen LogP contribution in [0.3, 0.4) is 0 Å². The van der Waals surface area contributed by atoms with Gasteiger partial charge < -0.3 is 5.32 Å². The first-order valence-corrected chi connectivity index (χ1v) is 8.63. The van der Waals surface area contributed by atoms with Crippen molar-refractivity contribution in [1.29, 1.82) is 0 Å². The third-order valence-electron chi connectivity index (χ3n) is 3.94. The van der Waals surface area contributed by atoms with Gasteiger partial charge in [0.2, 0.25) is 0 Å². The number of para-hydroxylation sites is 1. The minimum absolute atomic E-state index is 0.294. The van der Waals surface area contributed by atoms with Gasteiger partial charge in [-0.15, -0.1) is 11.8 Å². The van der Waals surface area contributed by atoms with Gasteiger partial charge in [0, 0.05) is 10.6 Å². The SMILES string of the molecule is C1=C(c2ccccc2)Nc2ccccc2SC1c1ccccc1. The summed E-state index contributed by atoms with van der Waals surface area (Å²) in [6.45, 7) is 0. The van der Waals surface area contributed by atoms with Crippen molar-refractivity contribution in [1.82, 2.24) is 0 Å². The lowest BCUT2D eigenvalue weighted by atomic mass is 10.1. The molecule has 0 spiro atoms. The number of benzene rings is 3. The van der Waals surface area contributed by atoms with Crippen LogP contribution in [0.1, 0.15) is 16.4 Å². The molecule has 1 N–H and O–H groups in total. The summed E-state index contributed by atoms with van der Waals surface area (Å²) in [6.07, 6.45) is 2.33. The number of hydrogen-bond donors (Lipinski definition) is 1. The van der Waals surface area contributed by atoms with E-state index in [0.717, 1.165) is 5.70 Å². The first kappa shape index (κ1) is 14.2. The van der Waals surface area contributed by atoms with E-state index in [1.165, 1.54) is 21.7 Å². The molecule has 112 valence electrons. The molecule has 0 radical (unpaired) electrons. The molecule has 0 saturated carbocycles. The molecule has 1 heterocycles. The van der Waals surface area contributed by atoms with E-state index >= 15 is 0 Å². The minimum atomic E-state index is 0.294. The molecule has 2 heteroatoms. The summed E-state index contributed by atoms with van der Waals surface area (Å²) in [5.41, 5.74) is 4.87. The van der Waals surface area contributed by atoms with Gasteiger partial charge in [0.1, 0.15) is 0 Å².